The maximum atomic E-state index is 13.6. The third-order valence-corrected chi connectivity index (χ3v) is 6.46. The first-order chi connectivity index (χ1) is 17.3. The number of amides is 2. The molecule has 1 saturated heterocycles. The van der Waals surface area contributed by atoms with Crippen LogP contribution in [-0.2, 0) is 11.2 Å². The molecule has 2 amide bonds. The van der Waals surface area contributed by atoms with Gasteiger partial charge >= 0.3 is 0 Å². The summed E-state index contributed by atoms with van der Waals surface area (Å²) in [4.78, 5) is 30.5. The van der Waals surface area contributed by atoms with Crippen molar-refractivity contribution in [1.82, 2.24) is 15.2 Å². The summed E-state index contributed by atoms with van der Waals surface area (Å²) in [7, 11) is 0. The van der Waals surface area contributed by atoms with Crippen LogP contribution in [0.4, 0.5) is 14.5 Å². The molecule has 7 nitrogen and oxygen atoms in total. The number of hydrogen-bond donors (Lipinski definition) is 2. The molecule has 1 atom stereocenters. The largest absolute Gasteiger partial charge is 0.384 e. The smallest absolute Gasteiger partial charge is 0.268 e. The van der Waals surface area contributed by atoms with Gasteiger partial charge in [-0.15, -0.1) is 0 Å². The van der Waals surface area contributed by atoms with Crippen LogP contribution in [-0.4, -0.2) is 53.3 Å². The quantitative estimate of drug-likeness (QED) is 0.533. The van der Waals surface area contributed by atoms with Gasteiger partial charge in [-0.05, 0) is 53.4 Å². The lowest BCUT2D eigenvalue weighted by atomic mass is 10.0. The number of carbonyl (C=O) groups is 2. The van der Waals surface area contributed by atoms with E-state index in [-0.39, 0.29) is 0 Å². The number of likely N-dealkylation sites (tertiary alicyclic amines) is 1. The van der Waals surface area contributed by atoms with Gasteiger partial charge in [-0.25, -0.2) is 8.78 Å². The molecule has 5 rings (SSSR count). The number of carbonyl (C=O) groups excluding carboxylic acids is 2. The lowest BCUT2D eigenvalue weighted by Crippen LogP contribution is -2.43. The summed E-state index contributed by atoms with van der Waals surface area (Å²) in [5.41, 5.74) is 5.32. The summed E-state index contributed by atoms with van der Waals surface area (Å²) in [5.74, 6) is -4.36. The standard InChI is InChI=1S/C27H23F2N5O2/c28-27(29)13-20(14-30)34(16-27)25(35)15-33-26(36)21-8-10-32-24-6-4-18(12-22(21)24)2-1-17-3-5-23-19(11-17)7-9-31-23/h1-6,8,10-12,20,31H,7,9,13,15-16H2,(H,33,36)/b2-1+/t20-/m0/s1. The average molecular weight is 488 g/mol. The van der Waals surface area contributed by atoms with E-state index in [1.54, 1.807) is 12.1 Å². The summed E-state index contributed by atoms with van der Waals surface area (Å²) in [6, 6.07) is 13.9. The summed E-state index contributed by atoms with van der Waals surface area (Å²) in [6.07, 6.45) is 5.76. The van der Waals surface area contributed by atoms with Gasteiger partial charge < -0.3 is 15.5 Å². The van der Waals surface area contributed by atoms with Gasteiger partial charge in [0.1, 0.15) is 6.04 Å². The van der Waals surface area contributed by atoms with Crippen LogP contribution in [0.5, 0.6) is 0 Å². The molecule has 0 spiro atoms. The van der Waals surface area contributed by atoms with E-state index in [2.05, 4.69) is 27.8 Å². The fourth-order valence-electron chi connectivity index (χ4n) is 4.63. The number of anilines is 1. The van der Waals surface area contributed by atoms with E-state index < -0.39 is 43.3 Å². The fourth-order valence-corrected chi connectivity index (χ4v) is 4.63. The lowest BCUT2D eigenvalue weighted by molar-refractivity contribution is -0.131. The Hall–Kier alpha value is -4.32. The van der Waals surface area contributed by atoms with Gasteiger partial charge in [0.05, 0.1) is 30.2 Å². The van der Waals surface area contributed by atoms with E-state index in [0.29, 0.717) is 16.5 Å². The molecule has 1 aromatic heterocycles. The van der Waals surface area contributed by atoms with Gasteiger partial charge in [0.25, 0.3) is 11.8 Å². The average Bonchev–Trinajstić information content (AvgIpc) is 3.48. The van der Waals surface area contributed by atoms with Crippen LogP contribution in [0.2, 0.25) is 0 Å². The highest BCUT2D eigenvalue weighted by atomic mass is 19.3. The topological polar surface area (TPSA) is 98.1 Å². The van der Waals surface area contributed by atoms with E-state index in [9.17, 15) is 18.4 Å². The SMILES string of the molecule is N#C[C@@H]1CC(F)(F)CN1C(=O)CNC(=O)c1ccnc2ccc(/C=C/c3ccc4c(c3)CCN4)cc12. The summed E-state index contributed by atoms with van der Waals surface area (Å²) in [5, 5.41) is 15.5. The number of aromatic nitrogens is 1. The minimum absolute atomic E-state index is 0.315. The van der Waals surface area contributed by atoms with Gasteiger partial charge in [-0.1, -0.05) is 24.3 Å². The zero-order valence-corrected chi connectivity index (χ0v) is 19.3. The van der Waals surface area contributed by atoms with Crippen molar-refractivity contribution in [1.29, 1.82) is 5.26 Å². The van der Waals surface area contributed by atoms with Crippen molar-refractivity contribution in [3.63, 3.8) is 0 Å². The first-order valence-electron chi connectivity index (χ1n) is 11.6. The molecule has 9 heteroatoms. The van der Waals surface area contributed by atoms with Crippen molar-refractivity contribution < 1.29 is 18.4 Å². The Morgan fingerprint density at radius 2 is 1.97 bits per heavy atom. The molecule has 3 heterocycles. The predicted molar refractivity (Wildman–Crippen MR) is 132 cm³/mol. The van der Waals surface area contributed by atoms with Gasteiger partial charge in [-0.2, -0.15) is 5.26 Å². The molecular weight excluding hydrogens is 464 g/mol. The molecule has 2 aliphatic heterocycles. The van der Waals surface area contributed by atoms with E-state index in [1.165, 1.54) is 17.4 Å². The van der Waals surface area contributed by atoms with E-state index in [1.807, 2.05) is 36.4 Å². The highest BCUT2D eigenvalue weighted by Crippen LogP contribution is 2.31. The zero-order valence-electron chi connectivity index (χ0n) is 19.3. The summed E-state index contributed by atoms with van der Waals surface area (Å²) in [6.45, 7) is -0.363. The van der Waals surface area contributed by atoms with Crippen molar-refractivity contribution in [2.24, 2.45) is 0 Å². The third kappa shape index (κ3) is 4.75. The predicted octanol–water partition coefficient (Wildman–Crippen LogP) is 3.86. The second-order valence-electron chi connectivity index (χ2n) is 8.97. The van der Waals surface area contributed by atoms with Crippen molar-refractivity contribution in [3.05, 3.63) is 70.9 Å². The fraction of sp³-hybridized carbons (Fsp3) is 0.259. The minimum atomic E-state index is -3.11. The number of nitrogens with zero attached hydrogens (tertiary/aromatic N) is 3. The van der Waals surface area contributed by atoms with Crippen molar-refractivity contribution in [2.45, 2.75) is 24.8 Å². The molecule has 36 heavy (non-hydrogen) atoms. The number of nitriles is 1. The Morgan fingerprint density at radius 3 is 2.78 bits per heavy atom. The van der Waals surface area contributed by atoms with Gasteiger partial charge in [0.15, 0.2) is 0 Å². The Bertz CT molecular complexity index is 1430. The number of pyridine rings is 1. The number of benzene rings is 2. The Morgan fingerprint density at radius 1 is 1.19 bits per heavy atom. The van der Waals surface area contributed by atoms with Crippen LogP contribution in [0.1, 0.15) is 33.5 Å². The zero-order chi connectivity index (χ0) is 25.3. The Labute approximate surface area is 206 Å². The van der Waals surface area contributed by atoms with Crippen LogP contribution < -0.4 is 10.6 Å². The van der Waals surface area contributed by atoms with Crippen LogP contribution in [0, 0.1) is 11.3 Å². The van der Waals surface area contributed by atoms with Crippen molar-refractivity contribution in [2.75, 3.05) is 25.0 Å². The van der Waals surface area contributed by atoms with E-state index in [0.717, 1.165) is 29.0 Å². The van der Waals surface area contributed by atoms with E-state index >= 15 is 0 Å². The first kappa shape index (κ1) is 23.4. The molecule has 0 aliphatic carbocycles. The number of hydrogen-bond acceptors (Lipinski definition) is 5. The minimum Gasteiger partial charge on any atom is -0.384 e. The molecule has 182 valence electrons. The molecule has 0 saturated carbocycles. The van der Waals surface area contributed by atoms with Gasteiger partial charge in [0, 0.05) is 30.2 Å². The number of alkyl halides is 2. The normalized spacial score (nSPS) is 18.1. The van der Waals surface area contributed by atoms with Crippen molar-refractivity contribution >= 4 is 40.6 Å². The van der Waals surface area contributed by atoms with Gasteiger partial charge in [-0.3, -0.25) is 14.6 Å². The number of halogens is 2. The van der Waals surface area contributed by atoms with Crippen LogP contribution >= 0.6 is 0 Å². The highest BCUT2D eigenvalue weighted by molar-refractivity contribution is 6.07. The second kappa shape index (κ2) is 9.38. The number of fused-ring (bicyclic) bond motifs is 2. The molecule has 2 aromatic carbocycles. The molecule has 2 N–H and O–H groups in total. The van der Waals surface area contributed by atoms with Crippen molar-refractivity contribution in [3.8, 4) is 6.07 Å². The molecule has 1 fully saturated rings. The van der Waals surface area contributed by atoms with E-state index in [4.69, 9.17) is 5.26 Å². The summed E-state index contributed by atoms with van der Waals surface area (Å²) < 4.78 is 27.3. The molecule has 2 aliphatic rings. The lowest BCUT2D eigenvalue weighted by Gasteiger charge is -2.19. The molecule has 0 unspecified atom stereocenters. The third-order valence-electron chi connectivity index (χ3n) is 6.46. The Kier molecular flexibility index (Phi) is 6.10. The first-order valence-corrected chi connectivity index (χ1v) is 11.6. The highest BCUT2D eigenvalue weighted by Gasteiger charge is 2.47. The maximum absolute atomic E-state index is 13.6. The molecule has 0 bridgehead atoms. The maximum Gasteiger partial charge on any atom is 0.268 e. The van der Waals surface area contributed by atoms with Crippen LogP contribution in [0.3, 0.4) is 0 Å². The number of nitrogens with one attached hydrogen (secondary N) is 2. The van der Waals surface area contributed by atoms with Crippen LogP contribution in [0.15, 0.2) is 48.7 Å². The molecule has 0 radical (unpaired) electrons. The Balaban J connectivity index is 1.31. The van der Waals surface area contributed by atoms with Crippen LogP contribution in [0.25, 0.3) is 23.1 Å². The molecule has 3 aromatic rings. The monoisotopic (exact) mass is 487 g/mol. The van der Waals surface area contributed by atoms with Gasteiger partial charge in [0.2, 0.25) is 5.91 Å². The molecular formula is C27H23F2N5O2. The summed E-state index contributed by atoms with van der Waals surface area (Å²) >= 11 is 0. The number of rotatable bonds is 5. The second-order valence-corrected chi connectivity index (χ2v) is 8.97.